The van der Waals surface area contributed by atoms with Crippen LogP contribution >= 0.6 is 11.8 Å². The standard InChI is InChI=1S/C9H13N3O3S/c1-9(3-2-4-15-9)7-10-8(12-11-7)16-5-6(13)14/h2-5H2,1H3,(H,13,14)(H,10,11,12). The summed E-state index contributed by atoms with van der Waals surface area (Å²) in [5, 5.41) is 15.8. The molecule has 1 aliphatic rings. The number of hydrogen-bond acceptors (Lipinski definition) is 5. The second-order valence-electron chi connectivity index (χ2n) is 3.83. The summed E-state index contributed by atoms with van der Waals surface area (Å²) >= 11 is 1.10. The van der Waals surface area contributed by atoms with Gasteiger partial charge in [0.1, 0.15) is 5.60 Å². The van der Waals surface area contributed by atoms with Gasteiger partial charge in [0.15, 0.2) is 5.82 Å². The van der Waals surface area contributed by atoms with Crippen LogP contribution in [0.15, 0.2) is 5.16 Å². The molecule has 0 saturated carbocycles. The van der Waals surface area contributed by atoms with Gasteiger partial charge < -0.3 is 9.84 Å². The lowest BCUT2D eigenvalue weighted by Crippen LogP contribution is -2.21. The fourth-order valence-electron chi connectivity index (χ4n) is 1.64. The van der Waals surface area contributed by atoms with Gasteiger partial charge in [0, 0.05) is 6.61 Å². The third kappa shape index (κ3) is 2.35. The maximum Gasteiger partial charge on any atom is 0.313 e. The van der Waals surface area contributed by atoms with Gasteiger partial charge in [0.2, 0.25) is 5.16 Å². The van der Waals surface area contributed by atoms with E-state index in [1.807, 2.05) is 6.92 Å². The number of nitrogens with zero attached hydrogens (tertiary/aromatic N) is 2. The molecule has 1 fully saturated rings. The van der Waals surface area contributed by atoms with Gasteiger partial charge in [-0.1, -0.05) is 11.8 Å². The molecule has 1 unspecified atom stereocenters. The number of thioether (sulfide) groups is 1. The van der Waals surface area contributed by atoms with Crippen molar-refractivity contribution in [2.45, 2.75) is 30.5 Å². The minimum atomic E-state index is -0.875. The summed E-state index contributed by atoms with van der Waals surface area (Å²) in [4.78, 5) is 14.6. The lowest BCUT2D eigenvalue weighted by atomic mass is 10.0. The zero-order valence-corrected chi connectivity index (χ0v) is 9.71. The van der Waals surface area contributed by atoms with E-state index in [1.165, 1.54) is 0 Å². The van der Waals surface area contributed by atoms with Crippen molar-refractivity contribution < 1.29 is 14.6 Å². The van der Waals surface area contributed by atoms with Gasteiger partial charge in [-0.2, -0.15) is 0 Å². The number of aliphatic carboxylic acids is 1. The number of aromatic amines is 1. The van der Waals surface area contributed by atoms with Crippen LogP contribution in [0.5, 0.6) is 0 Å². The zero-order valence-electron chi connectivity index (χ0n) is 8.89. The van der Waals surface area contributed by atoms with E-state index in [0.29, 0.717) is 11.0 Å². The van der Waals surface area contributed by atoms with Gasteiger partial charge in [-0.3, -0.25) is 9.89 Å². The van der Waals surface area contributed by atoms with Crippen LogP contribution in [0.25, 0.3) is 0 Å². The minimum absolute atomic E-state index is 0.0329. The topological polar surface area (TPSA) is 88.1 Å². The van der Waals surface area contributed by atoms with Crippen LogP contribution in [0.2, 0.25) is 0 Å². The molecule has 0 aromatic carbocycles. The van der Waals surface area contributed by atoms with Crippen molar-refractivity contribution in [3.8, 4) is 0 Å². The zero-order chi connectivity index (χ0) is 11.6. The van der Waals surface area contributed by atoms with Crippen molar-refractivity contribution in [1.82, 2.24) is 15.2 Å². The Morgan fingerprint density at radius 3 is 3.19 bits per heavy atom. The third-order valence-electron chi connectivity index (χ3n) is 2.51. The molecule has 88 valence electrons. The highest BCUT2D eigenvalue weighted by Crippen LogP contribution is 2.33. The van der Waals surface area contributed by atoms with Gasteiger partial charge in [-0.15, -0.1) is 5.10 Å². The number of H-pyrrole nitrogens is 1. The van der Waals surface area contributed by atoms with Crippen LogP contribution < -0.4 is 0 Å². The molecule has 1 aromatic heterocycles. The first-order valence-corrected chi connectivity index (χ1v) is 6.00. The van der Waals surface area contributed by atoms with E-state index in [9.17, 15) is 4.79 Å². The van der Waals surface area contributed by atoms with Crippen molar-refractivity contribution in [2.24, 2.45) is 0 Å². The molecule has 0 amide bonds. The Morgan fingerprint density at radius 1 is 1.75 bits per heavy atom. The molecule has 1 aliphatic heterocycles. The van der Waals surface area contributed by atoms with Crippen LogP contribution in [0.3, 0.4) is 0 Å². The first kappa shape index (κ1) is 11.4. The normalized spacial score (nSPS) is 24.8. The number of carboxylic acids is 1. The van der Waals surface area contributed by atoms with Gasteiger partial charge in [0.25, 0.3) is 0 Å². The maximum atomic E-state index is 10.4. The SMILES string of the molecule is CC1(c2nc(SCC(=O)O)n[nH]2)CCCO1. The summed E-state index contributed by atoms with van der Waals surface area (Å²) in [5.41, 5.74) is -0.394. The molecule has 2 heterocycles. The fourth-order valence-corrected chi connectivity index (χ4v) is 2.16. The number of aromatic nitrogens is 3. The quantitative estimate of drug-likeness (QED) is 0.767. The Bertz CT molecular complexity index is 387. The van der Waals surface area contributed by atoms with E-state index >= 15 is 0 Å². The number of hydrogen-bond donors (Lipinski definition) is 2. The molecule has 0 aliphatic carbocycles. The molecule has 0 spiro atoms. The van der Waals surface area contributed by atoms with Crippen LogP contribution in [0, 0.1) is 0 Å². The molecule has 16 heavy (non-hydrogen) atoms. The Hall–Kier alpha value is -1.08. The van der Waals surface area contributed by atoms with Gasteiger partial charge in [0.05, 0.1) is 5.75 Å². The van der Waals surface area contributed by atoms with Crippen molar-refractivity contribution in [3.63, 3.8) is 0 Å². The van der Waals surface area contributed by atoms with E-state index in [0.717, 1.165) is 31.2 Å². The average molecular weight is 243 g/mol. The summed E-state index contributed by atoms with van der Waals surface area (Å²) in [7, 11) is 0. The number of ether oxygens (including phenoxy) is 1. The third-order valence-corrected chi connectivity index (χ3v) is 3.34. The predicted molar refractivity (Wildman–Crippen MR) is 57.3 cm³/mol. The van der Waals surface area contributed by atoms with Crippen molar-refractivity contribution in [1.29, 1.82) is 0 Å². The van der Waals surface area contributed by atoms with Gasteiger partial charge in [-0.25, -0.2) is 4.98 Å². The monoisotopic (exact) mass is 243 g/mol. The first-order chi connectivity index (χ1) is 7.60. The molecule has 1 aromatic rings. The molecule has 1 saturated heterocycles. The van der Waals surface area contributed by atoms with E-state index in [2.05, 4.69) is 15.2 Å². The summed E-state index contributed by atoms with van der Waals surface area (Å²) in [6.45, 7) is 2.70. The number of rotatable bonds is 4. The summed E-state index contributed by atoms with van der Waals surface area (Å²) < 4.78 is 5.61. The van der Waals surface area contributed by atoms with Crippen LogP contribution in [0.4, 0.5) is 0 Å². The first-order valence-electron chi connectivity index (χ1n) is 5.01. The molecular formula is C9H13N3O3S. The highest BCUT2D eigenvalue weighted by atomic mass is 32.2. The molecule has 0 radical (unpaired) electrons. The maximum absolute atomic E-state index is 10.4. The average Bonchev–Trinajstić information content (AvgIpc) is 2.84. The highest BCUT2D eigenvalue weighted by molar-refractivity contribution is 7.99. The highest BCUT2D eigenvalue weighted by Gasteiger charge is 2.35. The van der Waals surface area contributed by atoms with Crippen molar-refractivity contribution in [3.05, 3.63) is 5.82 Å². The lowest BCUT2D eigenvalue weighted by molar-refractivity contribution is -0.133. The summed E-state index contributed by atoms with van der Waals surface area (Å²) in [6.07, 6.45) is 1.92. The Kier molecular flexibility index (Phi) is 3.15. The van der Waals surface area contributed by atoms with Crippen LogP contribution in [-0.4, -0.2) is 38.6 Å². The predicted octanol–water partition coefficient (Wildman–Crippen LogP) is 1.01. The fraction of sp³-hybridized carbons (Fsp3) is 0.667. The number of nitrogens with one attached hydrogen (secondary N) is 1. The lowest BCUT2D eigenvalue weighted by Gasteiger charge is -2.18. The Morgan fingerprint density at radius 2 is 2.56 bits per heavy atom. The smallest absolute Gasteiger partial charge is 0.313 e. The van der Waals surface area contributed by atoms with E-state index in [-0.39, 0.29) is 5.75 Å². The van der Waals surface area contributed by atoms with Crippen LogP contribution in [0.1, 0.15) is 25.6 Å². The molecule has 2 N–H and O–H groups in total. The molecule has 7 heteroatoms. The minimum Gasteiger partial charge on any atom is -0.481 e. The second-order valence-corrected chi connectivity index (χ2v) is 4.77. The molecule has 0 bridgehead atoms. The summed E-state index contributed by atoms with van der Waals surface area (Å²) in [6, 6.07) is 0. The molecule has 1 atom stereocenters. The van der Waals surface area contributed by atoms with Crippen molar-refractivity contribution in [2.75, 3.05) is 12.4 Å². The largest absolute Gasteiger partial charge is 0.481 e. The van der Waals surface area contributed by atoms with E-state index < -0.39 is 11.6 Å². The Balaban J connectivity index is 2.04. The summed E-state index contributed by atoms with van der Waals surface area (Å²) in [5.74, 6) is -0.230. The van der Waals surface area contributed by atoms with Crippen molar-refractivity contribution >= 4 is 17.7 Å². The number of carbonyl (C=O) groups is 1. The number of carboxylic acid groups (broad SMARTS) is 1. The second kappa shape index (κ2) is 4.42. The van der Waals surface area contributed by atoms with Gasteiger partial charge in [-0.05, 0) is 19.8 Å². The van der Waals surface area contributed by atoms with E-state index in [4.69, 9.17) is 9.84 Å². The van der Waals surface area contributed by atoms with E-state index in [1.54, 1.807) is 0 Å². The molecular weight excluding hydrogens is 230 g/mol. The molecule has 2 rings (SSSR count). The van der Waals surface area contributed by atoms with Crippen LogP contribution in [-0.2, 0) is 15.1 Å². The molecule has 6 nitrogen and oxygen atoms in total. The van der Waals surface area contributed by atoms with Gasteiger partial charge >= 0.3 is 5.97 Å². The Labute approximate surface area is 96.8 Å².